The second-order valence-corrected chi connectivity index (χ2v) is 7.54. The molecule has 2 aromatic carbocycles. The second-order valence-electron chi connectivity index (χ2n) is 6.55. The summed E-state index contributed by atoms with van der Waals surface area (Å²) in [6.07, 6.45) is 0.462. The van der Waals surface area contributed by atoms with Crippen LogP contribution >= 0.6 is 11.8 Å². The van der Waals surface area contributed by atoms with E-state index in [0.29, 0.717) is 25.3 Å². The van der Waals surface area contributed by atoms with Gasteiger partial charge in [-0.1, -0.05) is 30.3 Å². The molecule has 142 valence electrons. The predicted octanol–water partition coefficient (Wildman–Crippen LogP) is 3.10. The van der Waals surface area contributed by atoms with Crippen molar-refractivity contribution in [3.8, 4) is 5.75 Å². The van der Waals surface area contributed by atoms with E-state index in [9.17, 15) is 9.59 Å². The number of anilines is 1. The maximum Gasteiger partial charge on any atom is 0.230 e. The summed E-state index contributed by atoms with van der Waals surface area (Å²) in [7, 11) is 1.62. The number of carbonyl (C=O) groups excluding carboxylic acids is 2. The summed E-state index contributed by atoms with van der Waals surface area (Å²) in [5.41, 5.74) is 2.08. The zero-order valence-electron chi connectivity index (χ0n) is 15.4. The van der Waals surface area contributed by atoms with Crippen molar-refractivity contribution >= 4 is 29.3 Å². The molecule has 0 bridgehead atoms. The van der Waals surface area contributed by atoms with Gasteiger partial charge in [0.05, 0.1) is 12.9 Å². The predicted molar refractivity (Wildman–Crippen MR) is 109 cm³/mol. The largest absolute Gasteiger partial charge is 0.497 e. The van der Waals surface area contributed by atoms with E-state index in [2.05, 4.69) is 17.4 Å². The Labute approximate surface area is 164 Å². The van der Waals surface area contributed by atoms with Crippen LogP contribution in [0, 0.1) is 5.92 Å². The lowest BCUT2D eigenvalue weighted by molar-refractivity contribution is -0.119. The molecular formula is C21H24N2O3S. The molecule has 0 aliphatic carbocycles. The lowest BCUT2D eigenvalue weighted by atomic mass is 10.1. The first kappa shape index (κ1) is 19.3. The lowest BCUT2D eigenvalue weighted by Crippen LogP contribution is -2.32. The number of rotatable bonds is 8. The first-order chi connectivity index (χ1) is 13.2. The molecule has 2 aromatic rings. The highest BCUT2D eigenvalue weighted by atomic mass is 32.2. The van der Waals surface area contributed by atoms with Crippen LogP contribution < -0.4 is 15.0 Å². The zero-order chi connectivity index (χ0) is 19.1. The van der Waals surface area contributed by atoms with Gasteiger partial charge in [0, 0.05) is 36.9 Å². The Kier molecular flexibility index (Phi) is 6.76. The number of amides is 2. The van der Waals surface area contributed by atoms with Crippen molar-refractivity contribution in [1.29, 1.82) is 0 Å². The molecule has 27 heavy (non-hydrogen) atoms. The number of carbonyl (C=O) groups is 2. The Morgan fingerprint density at radius 1 is 1.19 bits per heavy atom. The summed E-state index contributed by atoms with van der Waals surface area (Å²) in [5.74, 6) is 2.27. The van der Waals surface area contributed by atoms with E-state index < -0.39 is 0 Å². The molecule has 1 atom stereocenters. The van der Waals surface area contributed by atoms with E-state index in [0.717, 1.165) is 17.2 Å². The van der Waals surface area contributed by atoms with E-state index in [1.54, 1.807) is 23.8 Å². The fourth-order valence-electron chi connectivity index (χ4n) is 3.08. The Hall–Kier alpha value is -2.47. The van der Waals surface area contributed by atoms with E-state index in [1.807, 2.05) is 42.5 Å². The number of methoxy groups -OCH3 is 1. The van der Waals surface area contributed by atoms with Gasteiger partial charge < -0.3 is 15.0 Å². The van der Waals surface area contributed by atoms with Crippen molar-refractivity contribution in [2.24, 2.45) is 5.92 Å². The molecule has 5 nitrogen and oxygen atoms in total. The molecule has 1 unspecified atom stereocenters. The molecule has 1 heterocycles. The second kappa shape index (κ2) is 9.46. The summed E-state index contributed by atoms with van der Waals surface area (Å²) in [6, 6.07) is 17.6. The van der Waals surface area contributed by atoms with Gasteiger partial charge in [0.1, 0.15) is 5.75 Å². The van der Waals surface area contributed by atoms with E-state index in [1.165, 1.54) is 5.56 Å². The van der Waals surface area contributed by atoms with Crippen molar-refractivity contribution in [3.63, 3.8) is 0 Å². The van der Waals surface area contributed by atoms with Crippen molar-refractivity contribution in [3.05, 3.63) is 60.2 Å². The summed E-state index contributed by atoms with van der Waals surface area (Å²) in [6.45, 7) is 1.16. The van der Waals surface area contributed by atoms with Crippen LogP contribution in [0.3, 0.4) is 0 Å². The third-order valence-electron chi connectivity index (χ3n) is 4.52. The Morgan fingerprint density at radius 3 is 2.63 bits per heavy atom. The minimum Gasteiger partial charge on any atom is -0.497 e. The molecule has 2 amide bonds. The molecule has 0 aromatic heterocycles. The number of nitrogens with one attached hydrogen (secondary N) is 1. The SMILES string of the molecule is COc1ccc(N2CC(CNC(=O)CSCc3ccccc3)CC2=O)cc1. The maximum absolute atomic E-state index is 12.3. The van der Waals surface area contributed by atoms with Crippen molar-refractivity contribution in [2.45, 2.75) is 12.2 Å². The van der Waals surface area contributed by atoms with Crippen molar-refractivity contribution < 1.29 is 14.3 Å². The first-order valence-corrected chi connectivity index (χ1v) is 10.1. The summed E-state index contributed by atoms with van der Waals surface area (Å²) < 4.78 is 5.15. The molecule has 0 radical (unpaired) electrons. The van der Waals surface area contributed by atoms with Gasteiger partial charge in [-0.25, -0.2) is 0 Å². The molecule has 6 heteroatoms. The minimum absolute atomic E-state index is 0.0197. The molecule has 0 spiro atoms. The molecule has 1 fully saturated rings. The van der Waals surface area contributed by atoms with Crippen molar-refractivity contribution in [2.75, 3.05) is 30.9 Å². The normalized spacial score (nSPS) is 16.4. The topological polar surface area (TPSA) is 58.6 Å². The quantitative estimate of drug-likeness (QED) is 0.760. The smallest absolute Gasteiger partial charge is 0.230 e. The van der Waals surface area contributed by atoms with Crippen molar-refractivity contribution in [1.82, 2.24) is 5.32 Å². The van der Waals surface area contributed by atoms with Gasteiger partial charge in [-0.05, 0) is 29.8 Å². The summed E-state index contributed by atoms with van der Waals surface area (Å²) >= 11 is 1.60. The van der Waals surface area contributed by atoms with Crippen LogP contribution in [0.5, 0.6) is 5.75 Å². The Balaban J connectivity index is 1.40. The lowest BCUT2D eigenvalue weighted by Gasteiger charge is -2.17. The number of ether oxygens (including phenoxy) is 1. The maximum atomic E-state index is 12.3. The minimum atomic E-state index is 0.0197. The van der Waals surface area contributed by atoms with Crippen LogP contribution in [-0.2, 0) is 15.3 Å². The van der Waals surface area contributed by atoms with Gasteiger partial charge in [-0.3, -0.25) is 9.59 Å². The molecule has 1 aliphatic heterocycles. The highest BCUT2D eigenvalue weighted by Crippen LogP contribution is 2.26. The molecule has 3 rings (SSSR count). The highest BCUT2D eigenvalue weighted by Gasteiger charge is 2.30. The fourth-order valence-corrected chi connectivity index (χ4v) is 3.89. The molecule has 1 saturated heterocycles. The number of thioether (sulfide) groups is 1. The van der Waals surface area contributed by atoms with Gasteiger partial charge in [-0.15, -0.1) is 11.8 Å². The molecule has 0 saturated carbocycles. The Bertz CT molecular complexity index is 765. The van der Waals surface area contributed by atoms with E-state index in [4.69, 9.17) is 4.74 Å². The van der Waals surface area contributed by atoms with Crippen LogP contribution in [0.25, 0.3) is 0 Å². The number of hydrogen-bond donors (Lipinski definition) is 1. The summed E-state index contributed by atoms with van der Waals surface area (Å²) in [5, 5.41) is 2.96. The standard InChI is InChI=1S/C21H24N2O3S/c1-26-19-9-7-18(8-10-19)23-13-17(11-21(23)25)12-22-20(24)15-27-14-16-5-3-2-4-6-16/h2-10,17H,11-15H2,1H3,(H,22,24). The third kappa shape index (κ3) is 5.50. The van der Waals surface area contributed by atoms with E-state index in [-0.39, 0.29) is 17.7 Å². The van der Waals surface area contributed by atoms with Crippen LogP contribution in [0.4, 0.5) is 5.69 Å². The monoisotopic (exact) mass is 384 g/mol. The molecule has 1 aliphatic rings. The molecular weight excluding hydrogens is 360 g/mol. The van der Waals surface area contributed by atoms with Crippen LogP contribution in [-0.4, -0.2) is 37.8 Å². The third-order valence-corrected chi connectivity index (χ3v) is 5.53. The highest BCUT2D eigenvalue weighted by molar-refractivity contribution is 7.99. The first-order valence-electron chi connectivity index (χ1n) is 8.98. The average molecular weight is 385 g/mol. The zero-order valence-corrected chi connectivity index (χ0v) is 16.2. The van der Waals surface area contributed by atoms with Gasteiger partial charge in [0.15, 0.2) is 0 Å². The number of benzene rings is 2. The van der Waals surface area contributed by atoms with Crippen LogP contribution in [0.2, 0.25) is 0 Å². The van der Waals surface area contributed by atoms with Crippen LogP contribution in [0.1, 0.15) is 12.0 Å². The van der Waals surface area contributed by atoms with E-state index >= 15 is 0 Å². The Morgan fingerprint density at radius 2 is 1.93 bits per heavy atom. The molecule has 1 N–H and O–H groups in total. The van der Waals surface area contributed by atoms with Gasteiger partial charge in [0.25, 0.3) is 0 Å². The average Bonchev–Trinajstić information content (AvgIpc) is 3.08. The van der Waals surface area contributed by atoms with Gasteiger partial charge in [-0.2, -0.15) is 0 Å². The van der Waals surface area contributed by atoms with Gasteiger partial charge in [0.2, 0.25) is 11.8 Å². The number of hydrogen-bond acceptors (Lipinski definition) is 4. The number of nitrogens with zero attached hydrogens (tertiary/aromatic N) is 1. The van der Waals surface area contributed by atoms with Gasteiger partial charge >= 0.3 is 0 Å². The fraction of sp³-hybridized carbons (Fsp3) is 0.333. The summed E-state index contributed by atoms with van der Waals surface area (Å²) in [4.78, 5) is 26.1. The van der Waals surface area contributed by atoms with Crippen LogP contribution in [0.15, 0.2) is 54.6 Å².